The van der Waals surface area contributed by atoms with Crippen LogP contribution in [0.2, 0.25) is 5.02 Å². The number of halogens is 1. The number of amides is 2. The van der Waals surface area contributed by atoms with Gasteiger partial charge >= 0.3 is 5.97 Å². The number of hydrogen-bond donors (Lipinski definition) is 0. The van der Waals surface area contributed by atoms with Crippen LogP contribution >= 0.6 is 11.6 Å². The minimum atomic E-state index is -0.811. The topological polar surface area (TPSA) is 63.7 Å². The highest BCUT2D eigenvalue weighted by atomic mass is 35.5. The van der Waals surface area contributed by atoms with Gasteiger partial charge < -0.3 is 4.84 Å². The van der Waals surface area contributed by atoms with Crippen molar-refractivity contribution < 1.29 is 19.2 Å². The maximum absolute atomic E-state index is 12.2. The van der Waals surface area contributed by atoms with Crippen molar-refractivity contribution in [2.75, 3.05) is 0 Å². The lowest BCUT2D eigenvalue weighted by Gasteiger charge is -2.13. The Kier molecular flexibility index (Phi) is 3.42. The summed E-state index contributed by atoms with van der Waals surface area (Å²) in [6.07, 6.45) is 0. The molecule has 0 fully saturated rings. The van der Waals surface area contributed by atoms with Crippen molar-refractivity contribution >= 4 is 29.4 Å². The molecule has 0 unspecified atom stereocenters. The molecular formula is C16H10ClNO4. The average Bonchev–Trinajstić information content (AvgIpc) is 2.75. The predicted octanol–water partition coefficient (Wildman–Crippen LogP) is 3.02. The van der Waals surface area contributed by atoms with Crippen LogP contribution in [0.1, 0.15) is 36.6 Å². The summed E-state index contributed by atoms with van der Waals surface area (Å²) in [7, 11) is 0. The Hall–Kier alpha value is -2.66. The molecule has 2 aromatic carbocycles. The largest absolute Gasteiger partial charge is 0.364 e. The quantitative estimate of drug-likeness (QED) is 0.799. The van der Waals surface area contributed by atoms with Gasteiger partial charge in [-0.05, 0) is 36.8 Å². The lowest BCUT2D eigenvalue weighted by Crippen LogP contribution is -2.32. The zero-order chi connectivity index (χ0) is 15.9. The van der Waals surface area contributed by atoms with Crippen LogP contribution in [0.15, 0.2) is 42.5 Å². The fourth-order valence-electron chi connectivity index (χ4n) is 2.20. The van der Waals surface area contributed by atoms with Crippen molar-refractivity contribution in [3.63, 3.8) is 0 Å². The standard InChI is InChI=1S/C16H10ClNO4/c1-9-6-7-10(17)8-13(9)16(21)22-18-14(19)11-4-2-3-5-12(11)15(18)20/h2-8H,1H3. The van der Waals surface area contributed by atoms with E-state index in [1.807, 2.05) is 0 Å². The third-order valence-corrected chi connectivity index (χ3v) is 3.59. The molecule has 0 saturated heterocycles. The molecule has 5 nitrogen and oxygen atoms in total. The maximum atomic E-state index is 12.2. The third kappa shape index (κ3) is 2.25. The van der Waals surface area contributed by atoms with Gasteiger partial charge in [0.15, 0.2) is 0 Å². The number of benzene rings is 2. The summed E-state index contributed by atoms with van der Waals surface area (Å²) >= 11 is 5.85. The Morgan fingerprint density at radius 3 is 2.23 bits per heavy atom. The fourth-order valence-corrected chi connectivity index (χ4v) is 2.37. The predicted molar refractivity (Wildman–Crippen MR) is 78.5 cm³/mol. The summed E-state index contributed by atoms with van der Waals surface area (Å²) in [6, 6.07) is 11.0. The summed E-state index contributed by atoms with van der Waals surface area (Å²) in [4.78, 5) is 41.4. The number of rotatable bonds is 2. The summed E-state index contributed by atoms with van der Waals surface area (Å²) in [5.74, 6) is -2.13. The smallest absolute Gasteiger partial charge is 0.324 e. The van der Waals surface area contributed by atoms with E-state index in [1.54, 1.807) is 31.2 Å². The van der Waals surface area contributed by atoms with Crippen molar-refractivity contribution in [2.45, 2.75) is 6.92 Å². The molecular weight excluding hydrogens is 306 g/mol. The van der Waals surface area contributed by atoms with E-state index >= 15 is 0 Å². The van der Waals surface area contributed by atoms with Crippen LogP contribution in [0.3, 0.4) is 0 Å². The molecule has 0 bridgehead atoms. The first-order valence-corrected chi connectivity index (χ1v) is 6.83. The number of hydrogen-bond acceptors (Lipinski definition) is 4. The van der Waals surface area contributed by atoms with E-state index in [9.17, 15) is 14.4 Å². The lowest BCUT2D eigenvalue weighted by atomic mass is 10.1. The number of aryl methyl sites for hydroxylation is 1. The van der Waals surface area contributed by atoms with Crippen LogP contribution in [0, 0.1) is 6.92 Å². The molecule has 0 spiro atoms. The molecule has 1 heterocycles. The number of hydroxylamine groups is 2. The highest BCUT2D eigenvalue weighted by molar-refractivity contribution is 6.31. The first-order valence-electron chi connectivity index (χ1n) is 6.45. The normalized spacial score (nSPS) is 13.3. The van der Waals surface area contributed by atoms with Gasteiger partial charge in [-0.1, -0.05) is 34.9 Å². The van der Waals surface area contributed by atoms with E-state index in [1.165, 1.54) is 18.2 Å². The molecule has 1 aliphatic heterocycles. The van der Waals surface area contributed by atoms with Crippen LogP contribution in [0.5, 0.6) is 0 Å². The molecule has 0 saturated carbocycles. The van der Waals surface area contributed by atoms with Crippen LogP contribution < -0.4 is 0 Å². The van der Waals surface area contributed by atoms with Crippen LogP contribution in [0.25, 0.3) is 0 Å². The van der Waals surface area contributed by atoms with Crippen LogP contribution in [-0.2, 0) is 4.84 Å². The van der Waals surface area contributed by atoms with Crippen molar-refractivity contribution in [1.82, 2.24) is 5.06 Å². The highest BCUT2D eigenvalue weighted by Crippen LogP contribution is 2.24. The SMILES string of the molecule is Cc1ccc(Cl)cc1C(=O)ON1C(=O)c2ccccc2C1=O. The Bertz CT molecular complexity index is 781. The molecule has 2 amide bonds. The lowest BCUT2D eigenvalue weighted by molar-refractivity contribution is -0.0585. The molecule has 3 rings (SSSR count). The van der Waals surface area contributed by atoms with Gasteiger partial charge in [0.1, 0.15) is 0 Å². The van der Waals surface area contributed by atoms with Crippen molar-refractivity contribution in [1.29, 1.82) is 0 Å². The minimum Gasteiger partial charge on any atom is -0.324 e. The molecule has 0 aromatic heterocycles. The molecule has 0 radical (unpaired) electrons. The number of nitrogens with zero attached hydrogens (tertiary/aromatic N) is 1. The first-order chi connectivity index (χ1) is 10.5. The molecule has 110 valence electrons. The maximum Gasteiger partial charge on any atom is 0.364 e. The molecule has 1 aliphatic rings. The fraction of sp³-hybridized carbons (Fsp3) is 0.0625. The number of fused-ring (bicyclic) bond motifs is 1. The second-order valence-corrected chi connectivity index (χ2v) is 5.22. The molecule has 0 atom stereocenters. The average molecular weight is 316 g/mol. The van der Waals surface area contributed by atoms with E-state index < -0.39 is 17.8 Å². The Labute approximate surface area is 131 Å². The highest BCUT2D eigenvalue weighted by Gasteiger charge is 2.38. The Morgan fingerprint density at radius 1 is 1.05 bits per heavy atom. The number of carbonyl (C=O) groups is 3. The Morgan fingerprint density at radius 2 is 1.64 bits per heavy atom. The van der Waals surface area contributed by atoms with Crippen LogP contribution in [-0.4, -0.2) is 22.8 Å². The van der Waals surface area contributed by atoms with Crippen LogP contribution in [0.4, 0.5) is 0 Å². The summed E-state index contributed by atoms with van der Waals surface area (Å²) in [6.45, 7) is 1.70. The monoisotopic (exact) mass is 315 g/mol. The second-order valence-electron chi connectivity index (χ2n) is 4.79. The van der Waals surface area contributed by atoms with Gasteiger partial charge in [0.25, 0.3) is 11.8 Å². The molecule has 6 heteroatoms. The van der Waals surface area contributed by atoms with Gasteiger partial charge in [-0.2, -0.15) is 0 Å². The van der Waals surface area contributed by atoms with E-state index in [-0.39, 0.29) is 16.7 Å². The van der Waals surface area contributed by atoms with Crippen molar-refractivity contribution in [3.05, 3.63) is 69.7 Å². The van der Waals surface area contributed by atoms with Gasteiger partial charge in [-0.25, -0.2) is 4.79 Å². The van der Waals surface area contributed by atoms with Gasteiger partial charge in [0.2, 0.25) is 0 Å². The molecule has 0 aliphatic carbocycles. The van der Waals surface area contributed by atoms with E-state index in [2.05, 4.69) is 0 Å². The summed E-state index contributed by atoms with van der Waals surface area (Å²) in [5, 5.41) is 0.841. The zero-order valence-corrected chi connectivity index (χ0v) is 12.3. The van der Waals surface area contributed by atoms with Gasteiger partial charge in [0.05, 0.1) is 16.7 Å². The zero-order valence-electron chi connectivity index (χ0n) is 11.5. The molecule has 0 N–H and O–H groups in total. The first kappa shape index (κ1) is 14.3. The third-order valence-electron chi connectivity index (χ3n) is 3.35. The van der Waals surface area contributed by atoms with Crippen molar-refractivity contribution in [3.8, 4) is 0 Å². The van der Waals surface area contributed by atoms with E-state index in [0.29, 0.717) is 15.6 Å². The molecule has 22 heavy (non-hydrogen) atoms. The summed E-state index contributed by atoms with van der Waals surface area (Å²) < 4.78 is 0. The number of imide groups is 1. The van der Waals surface area contributed by atoms with Gasteiger partial charge in [0, 0.05) is 5.02 Å². The van der Waals surface area contributed by atoms with Gasteiger partial charge in [-0.15, -0.1) is 0 Å². The number of carbonyl (C=O) groups excluding carboxylic acids is 3. The van der Waals surface area contributed by atoms with E-state index in [4.69, 9.17) is 16.4 Å². The van der Waals surface area contributed by atoms with E-state index in [0.717, 1.165) is 0 Å². The van der Waals surface area contributed by atoms with Crippen molar-refractivity contribution in [2.24, 2.45) is 0 Å². The second kappa shape index (κ2) is 5.27. The van der Waals surface area contributed by atoms with Gasteiger partial charge in [-0.3, -0.25) is 9.59 Å². The molecule has 2 aromatic rings. The summed E-state index contributed by atoms with van der Waals surface area (Å²) in [5.41, 5.74) is 1.25. The Balaban J connectivity index is 1.89. The minimum absolute atomic E-state index is 0.198.